The molecule has 4 nitrogen and oxygen atoms in total. The molecule has 1 amide bonds. The maximum Gasteiger partial charge on any atom is 0.241 e. The lowest BCUT2D eigenvalue weighted by molar-refractivity contribution is -0.118. The van der Waals surface area contributed by atoms with Gasteiger partial charge >= 0.3 is 0 Å². The van der Waals surface area contributed by atoms with E-state index in [1.165, 1.54) is 5.56 Å². The summed E-state index contributed by atoms with van der Waals surface area (Å²) in [6, 6.07) is 7.56. The summed E-state index contributed by atoms with van der Waals surface area (Å²) in [6.07, 6.45) is 0.940. The van der Waals surface area contributed by atoms with Gasteiger partial charge in [-0.15, -0.1) is 0 Å². The van der Waals surface area contributed by atoms with Crippen LogP contribution in [0.1, 0.15) is 25.8 Å². The second-order valence-electron chi connectivity index (χ2n) is 5.58. The van der Waals surface area contributed by atoms with Crippen LogP contribution in [0.25, 0.3) is 0 Å². The standard InChI is InChI=1S/C15H22N2O2/c1-11-4-6-13(7-5-11)16-14(18)12(2)17-15(3)8-9-19-10-15/h4-7,12,17H,8-10H2,1-3H3,(H,16,18). The van der Waals surface area contributed by atoms with Crippen molar-refractivity contribution < 1.29 is 9.53 Å². The van der Waals surface area contributed by atoms with Gasteiger partial charge in [0.15, 0.2) is 0 Å². The van der Waals surface area contributed by atoms with Crippen LogP contribution in [-0.2, 0) is 9.53 Å². The topological polar surface area (TPSA) is 50.4 Å². The van der Waals surface area contributed by atoms with E-state index < -0.39 is 0 Å². The molecular formula is C15H22N2O2. The van der Waals surface area contributed by atoms with Crippen molar-refractivity contribution in [3.8, 4) is 0 Å². The molecule has 19 heavy (non-hydrogen) atoms. The maximum absolute atomic E-state index is 12.1. The Bertz CT molecular complexity index is 436. The predicted octanol–water partition coefficient (Wildman–Crippen LogP) is 2.09. The number of benzene rings is 1. The van der Waals surface area contributed by atoms with Gasteiger partial charge < -0.3 is 10.1 Å². The van der Waals surface area contributed by atoms with E-state index in [2.05, 4.69) is 17.6 Å². The number of ether oxygens (including phenoxy) is 1. The van der Waals surface area contributed by atoms with Crippen molar-refractivity contribution >= 4 is 11.6 Å². The molecular weight excluding hydrogens is 240 g/mol. The first-order valence-corrected chi connectivity index (χ1v) is 6.71. The molecule has 0 bridgehead atoms. The Morgan fingerprint density at radius 3 is 2.63 bits per heavy atom. The SMILES string of the molecule is Cc1ccc(NC(=O)C(C)NC2(C)CCOC2)cc1. The van der Waals surface area contributed by atoms with E-state index in [1.54, 1.807) is 0 Å². The highest BCUT2D eigenvalue weighted by atomic mass is 16.5. The molecule has 1 aliphatic rings. The summed E-state index contributed by atoms with van der Waals surface area (Å²) in [5.74, 6) is -0.0167. The van der Waals surface area contributed by atoms with Crippen LogP contribution in [-0.4, -0.2) is 30.7 Å². The lowest BCUT2D eigenvalue weighted by Crippen LogP contribution is -2.51. The van der Waals surface area contributed by atoms with Gasteiger partial charge in [0.1, 0.15) is 0 Å². The first-order chi connectivity index (χ1) is 8.98. The molecule has 2 rings (SSSR count). The summed E-state index contributed by atoms with van der Waals surface area (Å²) >= 11 is 0. The van der Waals surface area contributed by atoms with Gasteiger partial charge in [0.05, 0.1) is 12.6 Å². The van der Waals surface area contributed by atoms with Crippen molar-refractivity contribution in [2.24, 2.45) is 0 Å². The number of carbonyl (C=O) groups excluding carboxylic acids is 1. The van der Waals surface area contributed by atoms with Crippen LogP contribution in [0.3, 0.4) is 0 Å². The first kappa shape index (κ1) is 14.0. The minimum Gasteiger partial charge on any atom is -0.379 e. The molecule has 1 saturated heterocycles. The molecule has 104 valence electrons. The normalized spacial score (nSPS) is 24.2. The zero-order valence-electron chi connectivity index (χ0n) is 11.8. The molecule has 0 radical (unpaired) electrons. The lowest BCUT2D eigenvalue weighted by Gasteiger charge is -2.27. The number of anilines is 1. The van der Waals surface area contributed by atoms with Crippen molar-refractivity contribution in [3.05, 3.63) is 29.8 Å². The van der Waals surface area contributed by atoms with Gasteiger partial charge in [0, 0.05) is 17.8 Å². The smallest absolute Gasteiger partial charge is 0.241 e. The number of rotatable bonds is 4. The maximum atomic E-state index is 12.1. The third-order valence-electron chi connectivity index (χ3n) is 3.50. The van der Waals surface area contributed by atoms with Gasteiger partial charge in [0.2, 0.25) is 5.91 Å². The fourth-order valence-corrected chi connectivity index (χ4v) is 2.26. The average Bonchev–Trinajstić information content (AvgIpc) is 2.78. The monoisotopic (exact) mass is 262 g/mol. The molecule has 2 N–H and O–H groups in total. The van der Waals surface area contributed by atoms with Crippen LogP contribution in [0.5, 0.6) is 0 Å². The van der Waals surface area contributed by atoms with Gasteiger partial charge in [-0.2, -0.15) is 0 Å². The summed E-state index contributed by atoms with van der Waals surface area (Å²) in [6.45, 7) is 7.42. The molecule has 1 aromatic rings. The van der Waals surface area contributed by atoms with Crippen LogP contribution in [0.2, 0.25) is 0 Å². The average molecular weight is 262 g/mol. The minimum atomic E-state index is -0.243. The van der Waals surface area contributed by atoms with Crippen LogP contribution in [0.15, 0.2) is 24.3 Å². The second-order valence-corrected chi connectivity index (χ2v) is 5.58. The molecule has 0 aromatic heterocycles. The molecule has 0 aliphatic carbocycles. The largest absolute Gasteiger partial charge is 0.379 e. The lowest BCUT2D eigenvalue weighted by atomic mass is 10.0. The van der Waals surface area contributed by atoms with E-state index in [4.69, 9.17) is 4.74 Å². The van der Waals surface area contributed by atoms with E-state index in [0.29, 0.717) is 6.61 Å². The molecule has 2 unspecified atom stereocenters. The van der Waals surface area contributed by atoms with Crippen molar-refractivity contribution in [1.29, 1.82) is 0 Å². The quantitative estimate of drug-likeness (QED) is 0.873. The highest BCUT2D eigenvalue weighted by molar-refractivity contribution is 5.94. The predicted molar refractivity (Wildman–Crippen MR) is 76.2 cm³/mol. The number of amides is 1. The van der Waals surface area contributed by atoms with E-state index >= 15 is 0 Å². The molecule has 0 saturated carbocycles. The number of hydrogen-bond donors (Lipinski definition) is 2. The van der Waals surface area contributed by atoms with Gasteiger partial charge in [-0.1, -0.05) is 17.7 Å². The van der Waals surface area contributed by atoms with Crippen molar-refractivity contribution in [2.45, 2.75) is 38.8 Å². The molecule has 0 spiro atoms. The summed E-state index contributed by atoms with van der Waals surface area (Å²) in [7, 11) is 0. The van der Waals surface area contributed by atoms with Crippen molar-refractivity contribution in [2.75, 3.05) is 18.5 Å². The Hall–Kier alpha value is -1.39. The summed E-state index contributed by atoms with van der Waals surface area (Å²) in [5.41, 5.74) is 1.92. The van der Waals surface area contributed by atoms with E-state index in [1.807, 2.05) is 38.1 Å². The fraction of sp³-hybridized carbons (Fsp3) is 0.533. The number of aryl methyl sites for hydroxylation is 1. The molecule has 2 atom stereocenters. The van der Waals surface area contributed by atoms with Crippen molar-refractivity contribution in [1.82, 2.24) is 5.32 Å². The van der Waals surface area contributed by atoms with Gasteiger partial charge in [-0.25, -0.2) is 0 Å². The summed E-state index contributed by atoms with van der Waals surface area (Å²) < 4.78 is 5.38. The van der Waals surface area contributed by atoms with E-state index in [9.17, 15) is 4.79 Å². The first-order valence-electron chi connectivity index (χ1n) is 6.71. The Morgan fingerprint density at radius 2 is 2.05 bits per heavy atom. The highest BCUT2D eigenvalue weighted by Crippen LogP contribution is 2.18. The number of hydrogen-bond acceptors (Lipinski definition) is 3. The van der Waals surface area contributed by atoms with E-state index in [0.717, 1.165) is 18.7 Å². The van der Waals surface area contributed by atoms with Crippen LogP contribution < -0.4 is 10.6 Å². The Morgan fingerprint density at radius 1 is 1.37 bits per heavy atom. The summed E-state index contributed by atoms with van der Waals surface area (Å²) in [5, 5.41) is 6.27. The zero-order chi connectivity index (χ0) is 13.9. The van der Waals surface area contributed by atoms with E-state index in [-0.39, 0.29) is 17.5 Å². The van der Waals surface area contributed by atoms with Crippen molar-refractivity contribution in [3.63, 3.8) is 0 Å². The number of nitrogens with one attached hydrogen (secondary N) is 2. The molecule has 4 heteroatoms. The third-order valence-corrected chi connectivity index (χ3v) is 3.50. The molecule has 1 aliphatic heterocycles. The molecule has 1 fully saturated rings. The fourth-order valence-electron chi connectivity index (χ4n) is 2.26. The Labute approximate surface area is 114 Å². The zero-order valence-corrected chi connectivity index (χ0v) is 11.8. The van der Waals surface area contributed by atoms with Crippen LogP contribution in [0.4, 0.5) is 5.69 Å². The van der Waals surface area contributed by atoms with Gasteiger partial charge in [0.25, 0.3) is 0 Å². The molecule has 1 aromatic carbocycles. The Kier molecular flexibility index (Phi) is 4.22. The summed E-state index contributed by atoms with van der Waals surface area (Å²) in [4.78, 5) is 12.1. The second kappa shape index (κ2) is 5.72. The van der Waals surface area contributed by atoms with Gasteiger partial charge in [-0.05, 0) is 39.3 Å². The van der Waals surface area contributed by atoms with Crippen LogP contribution >= 0.6 is 0 Å². The van der Waals surface area contributed by atoms with Crippen LogP contribution in [0, 0.1) is 6.92 Å². The number of carbonyl (C=O) groups is 1. The Balaban J connectivity index is 1.90. The minimum absolute atomic E-state index is 0.0167. The van der Waals surface area contributed by atoms with Gasteiger partial charge in [-0.3, -0.25) is 10.1 Å². The third kappa shape index (κ3) is 3.78. The molecule has 1 heterocycles. The highest BCUT2D eigenvalue weighted by Gasteiger charge is 2.32.